The molecule has 0 bridgehead atoms. The van der Waals surface area contributed by atoms with E-state index in [-0.39, 0.29) is 11.6 Å². The quantitative estimate of drug-likeness (QED) is 0.653. The zero-order valence-corrected chi connectivity index (χ0v) is 12.6. The first-order chi connectivity index (χ1) is 10.3. The van der Waals surface area contributed by atoms with E-state index in [0.29, 0.717) is 13.2 Å². The predicted octanol–water partition coefficient (Wildman–Crippen LogP) is 1.71. The molecule has 1 unspecified atom stereocenters. The molecule has 0 aromatic heterocycles. The first-order valence-corrected chi connectivity index (χ1v) is 7.64. The molecule has 0 spiro atoms. The van der Waals surface area contributed by atoms with E-state index < -0.39 is 0 Å². The Labute approximate surface area is 125 Å². The molecule has 2 aliphatic heterocycles. The summed E-state index contributed by atoms with van der Waals surface area (Å²) >= 11 is 0. The van der Waals surface area contributed by atoms with E-state index in [9.17, 15) is 0 Å². The third kappa shape index (κ3) is 2.66. The van der Waals surface area contributed by atoms with Gasteiger partial charge in [0.25, 0.3) is 0 Å². The van der Waals surface area contributed by atoms with Crippen LogP contribution in [-0.4, -0.2) is 32.5 Å². The molecule has 2 heterocycles. The fourth-order valence-corrected chi connectivity index (χ4v) is 3.49. The van der Waals surface area contributed by atoms with E-state index in [1.165, 1.54) is 5.56 Å². The summed E-state index contributed by atoms with van der Waals surface area (Å²) in [5, 5.41) is 0. The molecule has 1 saturated heterocycles. The molecular formula is C16H24N2O3. The number of hydrogen-bond donors (Lipinski definition) is 2. The van der Waals surface area contributed by atoms with Gasteiger partial charge in [0.1, 0.15) is 5.75 Å². The molecule has 3 rings (SSSR count). The molecule has 5 nitrogen and oxygen atoms in total. The van der Waals surface area contributed by atoms with Crippen molar-refractivity contribution in [2.45, 2.75) is 37.3 Å². The second-order valence-electron chi connectivity index (χ2n) is 5.77. The van der Waals surface area contributed by atoms with Crippen LogP contribution in [0.3, 0.4) is 0 Å². The Morgan fingerprint density at radius 1 is 1.29 bits per heavy atom. The van der Waals surface area contributed by atoms with Crippen molar-refractivity contribution in [2.75, 3.05) is 26.9 Å². The van der Waals surface area contributed by atoms with Gasteiger partial charge in [-0.1, -0.05) is 18.2 Å². The summed E-state index contributed by atoms with van der Waals surface area (Å²) in [6.07, 6.45) is 3.77. The van der Waals surface area contributed by atoms with Gasteiger partial charge in [0.2, 0.25) is 0 Å². The summed E-state index contributed by atoms with van der Waals surface area (Å²) in [6, 6.07) is 6.20. The Kier molecular flexibility index (Phi) is 4.45. The number of methoxy groups -OCH3 is 1. The van der Waals surface area contributed by atoms with E-state index in [1.54, 1.807) is 7.11 Å². The van der Waals surface area contributed by atoms with Crippen LogP contribution in [0.25, 0.3) is 0 Å². The number of aryl methyl sites for hydroxylation is 1. The van der Waals surface area contributed by atoms with Crippen LogP contribution in [0.2, 0.25) is 0 Å². The van der Waals surface area contributed by atoms with Crippen LogP contribution < -0.4 is 16.0 Å². The zero-order valence-electron chi connectivity index (χ0n) is 12.6. The second-order valence-corrected chi connectivity index (χ2v) is 5.77. The minimum Gasteiger partial charge on any atom is -0.493 e. The van der Waals surface area contributed by atoms with E-state index in [4.69, 9.17) is 20.1 Å². The number of hydrogen-bond acceptors (Lipinski definition) is 5. The average molecular weight is 292 g/mol. The van der Waals surface area contributed by atoms with Gasteiger partial charge in [-0.05, 0) is 18.4 Å². The normalized spacial score (nSPS) is 22.2. The van der Waals surface area contributed by atoms with Gasteiger partial charge < -0.3 is 14.2 Å². The lowest BCUT2D eigenvalue weighted by atomic mass is 9.81. The fraction of sp³-hybridized carbons (Fsp3) is 0.625. The van der Waals surface area contributed by atoms with Crippen molar-refractivity contribution in [3.05, 3.63) is 29.3 Å². The largest absolute Gasteiger partial charge is 0.493 e. The minimum absolute atomic E-state index is 0.0977. The van der Waals surface area contributed by atoms with Gasteiger partial charge in [0.15, 0.2) is 0 Å². The summed E-state index contributed by atoms with van der Waals surface area (Å²) in [7, 11) is 1.76. The van der Waals surface area contributed by atoms with Crippen molar-refractivity contribution in [3.63, 3.8) is 0 Å². The van der Waals surface area contributed by atoms with Crippen LogP contribution in [0.1, 0.15) is 36.4 Å². The monoisotopic (exact) mass is 292 g/mol. The average Bonchev–Trinajstić information content (AvgIpc) is 2.56. The lowest BCUT2D eigenvalue weighted by Gasteiger charge is -2.42. The molecule has 0 radical (unpaired) electrons. The van der Waals surface area contributed by atoms with Gasteiger partial charge in [0, 0.05) is 38.7 Å². The summed E-state index contributed by atoms with van der Waals surface area (Å²) in [6.45, 7) is 2.16. The molecule has 0 aliphatic carbocycles. The third-order valence-electron chi connectivity index (χ3n) is 4.71. The van der Waals surface area contributed by atoms with Crippen molar-refractivity contribution in [1.82, 2.24) is 5.43 Å². The van der Waals surface area contributed by atoms with Crippen molar-refractivity contribution < 1.29 is 14.2 Å². The first kappa shape index (κ1) is 14.8. The molecule has 116 valence electrons. The summed E-state index contributed by atoms with van der Waals surface area (Å²) < 4.78 is 17.3. The Bertz CT molecular complexity index is 486. The third-order valence-corrected chi connectivity index (χ3v) is 4.71. The van der Waals surface area contributed by atoms with E-state index >= 15 is 0 Å². The first-order valence-electron chi connectivity index (χ1n) is 7.64. The highest BCUT2D eigenvalue weighted by Gasteiger charge is 2.42. The Morgan fingerprint density at radius 3 is 2.81 bits per heavy atom. The molecular weight excluding hydrogens is 268 g/mol. The number of nitrogens with two attached hydrogens (primary N) is 1. The Balaban J connectivity index is 1.99. The summed E-state index contributed by atoms with van der Waals surface area (Å²) in [5.74, 6) is 6.88. The second kappa shape index (κ2) is 6.32. The standard InChI is InChI=1S/C16H24N2O3/c1-19-16(7-10-20-11-8-16)15(18-17)13-6-2-4-12-5-3-9-21-14(12)13/h2,4,6,15,18H,3,5,7-11,17H2,1H3. The maximum atomic E-state index is 5.94. The minimum atomic E-state index is -0.344. The number of nitrogens with one attached hydrogen (secondary N) is 1. The number of rotatable bonds is 4. The van der Waals surface area contributed by atoms with Gasteiger partial charge in [-0.15, -0.1) is 0 Å². The maximum Gasteiger partial charge on any atom is 0.127 e. The lowest BCUT2D eigenvalue weighted by molar-refractivity contribution is -0.112. The van der Waals surface area contributed by atoms with Crippen LogP contribution in [-0.2, 0) is 15.9 Å². The number of para-hydroxylation sites is 1. The van der Waals surface area contributed by atoms with Crippen molar-refractivity contribution in [1.29, 1.82) is 0 Å². The summed E-state index contributed by atoms with van der Waals surface area (Å²) in [4.78, 5) is 0. The highest BCUT2D eigenvalue weighted by molar-refractivity contribution is 5.45. The molecule has 1 aromatic rings. The van der Waals surface area contributed by atoms with Crippen molar-refractivity contribution in [3.8, 4) is 5.75 Å². The Morgan fingerprint density at radius 2 is 2.10 bits per heavy atom. The molecule has 3 N–H and O–H groups in total. The smallest absolute Gasteiger partial charge is 0.127 e. The highest BCUT2D eigenvalue weighted by atomic mass is 16.5. The summed E-state index contributed by atoms with van der Waals surface area (Å²) in [5.41, 5.74) is 4.98. The molecule has 2 aliphatic rings. The highest BCUT2D eigenvalue weighted by Crippen LogP contribution is 2.42. The number of ether oxygens (including phenoxy) is 3. The van der Waals surface area contributed by atoms with Gasteiger partial charge in [-0.25, -0.2) is 5.43 Å². The van der Waals surface area contributed by atoms with Gasteiger partial charge in [-0.2, -0.15) is 0 Å². The van der Waals surface area contributed by atoms with Crippen molar-refractivity contribution >= 4 is 0 Å². The molecule has 21 heavy (non-hydrogen) atoms. The van der Waals surface area contributed by atoms with Crippen LogP contribution in [0, 0.1) is 0 Å². The molecule has 0 saturated carbocycles. The zero-order chi connectivity index (χ0) is 14.7. The van der Waals surface area contributed by atoms with E-state index in [2.05, 4.69) is 23.6 Å². The van der Waals surface area contributed by atoms with Crippen LogP contribution in [0.15, 0.2) is 18.2 Å². The number of benzene rings is 1. The van der Waals surface area contributed by atoms with Crippen LogP contribution in [0.4, 0.5) is 0 Å². The predicted molar refractivity (Wildman–Crippen MR) is 80.1 cm³/mol. The van der Waals surface area contributed by atoms with Gasteiger partial charge in [-0.3, -0.25) is 5.84 Å². The maximum absolute atomic E-state index is 5.94. The molecule has 1 fully saturated rings. The fourth-order valence-electron chi connectivity index (χ4n) is 3.49. The lowest BCUT2D eigenvalue weighted by Crippen LogP contribution is -2.51. The van der Waals surface area contributed by atoms with E-state index in [0.717, 1.165) is 43.6 Å². The SMILES string of the molecule is COC1(C(NN)c2cccc3c2OCCC3)CCOCC1. The van der Waals surface area contributed by atoms with Crippen LogP contribution >= 0.6 is 0 Å². The molecule has 5 heteroatoms. The van der Waals surface area contributed by atoms with Gasteiger partial charge in [0.05, 0.1) is 18.2 Å². The molecule has 1 atom stereocenters. The Hall–Kier alpha value is -1.14. The number of fused-ring (bicyclic) bond motifs is 1. The molecule has 1 aromatic carbocycles. The topological polar surface area (TPSA) is 65.7 Å². The van der Waals surface area contributed by atoms with Crippen molar-refractivity contribution in [2.24, 2.45) is 5.84 Å². The number of hydrazine groups is 1. The van der Waals surface area contributed by atoms with Crippen LogP contribution in [0.5, 0.6) is 5.75 Å². The van der Waals surface area contributed by atoms with Gasteiger partial charge >= 0.3 is 0 Å². The molecule has 0 amide bonds. The van der Waals surface area contributed by atoms with E-state index in [1.807, 2.05) is 0 Å².